The smallest absolute Gasteiger partial charge is 0.251 e. The lowest BCUT2D eigenvalue weighted by atomic mass is 10.1. The molecule has 1 amide bonds. The molecule has 20 heavy (non-hydrogen) atoms. The molecule has 1 aromatic rings. The maximum atomic E-state index is 11.9. The highest BCUT2D eigenvalue weighted by molar-refractivity contribution is 5.94. The summed E-state index contributed by atoms with van der Waals surface area (Å²) < 4.78 is 5.53. The van der Waals surface area contributed by atoms with Crippen LogP contribution in [-0.2, 0) is 0 Å². The molecule has 0 bridgehead atoms. The maximum Gasteiger partial charge on any atom is 0.251 e. The largest absolute Gasteiger partial charge is 0.491 e. The minimum absolute atomic E-state index is 0.107. The van der Waals surface area contributed by atoms with Crippen molar-refractivity contribution in [2.45, 2.75) is 45.3 Å². The number of carbonyl (C=O) groups excluding carboxylic acids is 1. The molecule has 0 heterocycles. The van der Waals surface area contributed by atoms with Crippen LogP contribution in [0.4, 0.5) is 0 Å². The first-order valence-electron chi connectivity index (χ1n) is 7.29. The lowest BCUT2D eigenvalue weighted by molar-refractivity contribution is 0.0937. The monoisotopic (exact) mass is 277 g/mol. The van der Waals surface area contributed by atoms with E-state index in [2.05, 4.69) is 5.32 Å². The van der Waals surface area contributed by atoms with Crippen LogP contribution >= 0.6 is 0 Å². The molecule has 0 aliphatic heterocycles. The van der Waals surface area contributed by atoms with E-state index in [0.717, 1.165) is 18.6 Å². The third kappa shape index (κ3) is 4.53. The number of ether oxygens (including phenoxy) is 1. The van der Waals surface area contributed by atoms with Crippen molar-refractivity contribution in [3.8, 4) is 5.75 Å². The second-order valence-electron chi connectivity index (χ2n) is 5.64. The fourth-order valence-electron chi connectivity index (χ4n) is 2.11. The predicted octanol–water partition coefficient (Wildman–Crippen LogP) is 2.36. The van der Waals surface area contributed by atoms with Crippen molar-refractivity contribution >= 4 is 5.91 Å². The van der Waals surface area contributed by atoms with Gasteiger partial charge in [0.25, 0.3) is 5.91 Å². The Morgan fingerprint density at radius 2 is 2.00 bits per heavy atom. The summed E-state index contributed by atoms with van der Waals surface area (Å²) in [5.74, 6) is 1.11. The van der Waals surface area contributed by atoms with Crippen molar-refractivity contribution in [1.82, 2.24) is 5.32 Å². The molecule has 0 aromatic heterocycles. The van der Waals surface area contributed by atoms with Crippen LogP contribution in [0.3, 0.4) is 0 Å². The molecule has 2 N–H and O–H groups in total. The summed E-state index contributed by atoms with van der Waals surface area (Å²) in [6.07, 6.45) is 2.72. The summed E-state index contributed by atoms with van der Waals surface area (Å²) in [7, 11) is 0. The lowest BCUT2D eigenvalue weighted by Crippen LogP contribution is -2.27. The lowest BCUT2D eigenvalue weighted by Gasteiger charge is -2.11. The number of hydrogen-bond donors (Lipinski definition) is 2. The van der Waals surface area contributed by atoms with Crippen LogP contribution in [0.2, 0.25) is 0 Å². The van der Waals surface area contributed by atoms with Gasteiger partial charge in [-0.25, -0.2) is 0 Å². The number of aliphatic hydroxyl groups is 1. The van der Waals surface area contributed by atoms with Crippen LogP contribution in [0, 0.1) is 5.92 Å². The number of benzene rings is 1. The highest BCUT2D eigenvalue weighted by Crippen LogP contribution is 2.33. The van der Waals surface area contributed by atoms with Crippen LogP contribution in [0.1, 0.15) is 43.5 Å². The van der Waals surface area contributed by atoms with Gasteiger partial charge in [-0.15, -0.1) is 0 Å². The molecule has 1 aliphatic rings. The van der Waals surface area contributed by atoms with E-state index in [1.807, 2.05) is 13.8 Å². The molecule has 4 nitrogen and oxygen atoms in total. The standard InChI is InChI=1S/C16H23NO3/c1-11(2)20-14-7-5-13(6-8-14)16(19)17-10-9-15(18)12-3-4-12/h5-8,11-12,15,18H,3-4,9-10H2,1-2H3,(H,17,19)/t15-/m1/s1. The minimum atomic E-state index is -0.267. The molecule has 0 spiro atoms. The van der Waals surface area contributed by atoms with Crippen LogP contribution in [0.25, 0.3) is 0 Å². The van der Waals surface area contributed by atoms with Crippen LogP contribution < -0.4 is 10.1 Å². The highest BCUT2D eigenvalue weighted by atomic mass is 16.5. The summed E-state index contributed by atoms with van der Waals surface area (Å²) in [5.41, 5.74) is 0.613. The molecular formula is C16H23NO3. The van der Waals surface area contributed by atoms with E-state index >= 15 is 0 Å². The van der Waals surface area contributed by atoms with Crippen LogP contribution in [-0.4, -0.2) is 29.8 Å². The maximum absolute atomic E-state index is 11.9. The number of rotatable bonds is 7. The Kier molecular flexibility index (Phi) is 5.01. The van der Waals surface area contributed by atoms with Gasteiger partial charge in [0, 0.05) is 12.1 Å². The summed E-state index contributed by atoms with van der Waals surface area (Å²) in [6.45, 7) is 4.44. The Hall–Kier alpha value is -1.55. The Morgan fingerprint density at radius 3 is 2.55 bits per heavy atom. The van der Waals surface area contributed by atoms with Crippen LogP contribution in [0.5, 0.6) is 5.75 Å². The molecule has 4 heteroatoms. The third-order valence-electron chi connectivity index (χ3n) is 3.38. The van der Waals surface area contributed by atoms with E-state index in [0.29, 0.717) is 24.4 Å². The van der Waals surface area contributed by atoms with Crippen LogP contribution in [0.15, 0.2) is 24.3 Å². The molecular weight excluding hydrogens is 254 g/mol. The zero-order valence-electron chi connectivity index (χ0n) is 12.1. The molecule has 1 aromatic carbocycles. The van der Waals surface area contributed by atoms with E-state index in [1.165, 1.54) is 0 Å². The first-order valence-corrected chi connectivity index (χ1v) is 7.29. The molecule has 0 unspecified atom stereocenters. The van der Waals surface area contributed by atoms with Gasteiger partial charge in [-0.1, -0.05) is 0 Å². The summed E-state index contributed by atoms with van der Waals surface area (Å²) in [4.78, 5) is 11.9. The average molecular weight is 277 g/mol. The quantitative estimate of drug-likeness (QED) is 0.804. The fourth-order valence-corrected chi connectivity index (χ4v) is 2.11. The van der Waals surface area contributed by atoms with Crippen molar-refractivity contribution in [2.24, 2.45) is 5.92 Å². The molecule has 0 saturated heterocycles. The zero-order valence-corrected chi connectivity index (χ0v) is 12.1. The van der Waals surface area contributed by atoms with Gasteiger partial charge >= 0.3 is 0 Å². The Bertz CT molecular complexity index is 438. The number of nitrogens with one attached hydrogen (secondary N) is 1. The first kappa shape index (κ1) is 14.9. The van der Waals surface area contributed by atoms with Crippen molar-refractivity contribution in [1.29, 1.82) is 0 Å². The normalized spacial score (nSPS) is 16.0. The Morgan fingerprint density at radius 1 is 1.35 bits per heavy atom. The van der Waals surface area contributed by atoms with Gasteiger partial charge in [-0.2, -0.15) is 0 Å². The van der Waals surface area contributed by atoms with E-state index in [-0.39, 0.29) is 18.1 Å². The SMILES string of the molecule is CC(C)Oc1ccc(C(=O)NCC[C@@H](O)C2CC2)cc1. The van der Waals surface area contributed by atoms with Crippen molar-refractivity contribution in [3.05, 3.63) is 29.8 Å². The van der Waals surface area contributed by atoms with E-state index in [1.54, 1.807) is 24.3 Å². The third-order valence-corrected chi connectivity index (χ3v) is 3.38. The molecule has 1 saturated carbocycles. The second-order valence-corrected chi connectivity index (χ2v) is 5.64. The zero-order chi connectivity index (χ0) is 14.5. The summed E-state index contributed by atoms with van der Waals surface area (Å²) in [5, 5.41) is 12.6. The molecule has 1 aliphatic carbocycles. The van der Waals surface area contributed by atoms with Gasteiger partial charge in [0.1, 0.15) is 5.75 Å². The molecule has 1 atom stereocenters. The van der Waals surface area contributed by atoms with Gasteiger partial charge in [-0.3, -0.25) is 4.79 Å². The molecule has 1 fully saturated rings. The number of hydrogen-bond acceptors (Lipinski definition) is 3. The van der Waals surface area contributed by atoms with Crippen molar-refractivity contribution in [3.63, 3.8) is 0 Å². The van der Waals surface area contributed by atoms with Gasteiger partial charge in [0.15, 0.2) is 0 Å². The van der Waals surface area contributed by atoms with Gasteiger partial charge < -0.3 is 15.2 Å². The van der Waals surface area contributed by atoms with E-state index in [9.17, 15) is 9.90 Å². The predicted molar refractivity (Wildman–Crippen MR) is 77.9 cm³/mol. The summed E-state index contributed by atoms with van der Waals surface area (Å²) in [6, 6.07) is 7.11. The van der Waals surface area contributed by atoms with E-state index in [4.69, 9.17) is 4.74 Å². The average Bonchev–Trinajstić information content (AvgIpc) is 3.23. The number of amides is 1. The fraction of sp³-hybridized carbons (Fsp3) is 0.562. The molecule has 110 valence electrons. The Labute approximate surface area is 120 Å². The van der Waals surface area contributed by atoms with Gasteiger partial charge in [0.2, 0.25) is 0 Å². The van der Waals surface area contributed by atoms with Crippen molar-refractivity contribution < 1.29 is 14.6 Å². The van der Waals surface area contributed by atoms with Gasteiger partial charge in [-0.05, 0) is 63.3 Å². The number of aliphatic hydroxyl groups excluding tert-OH is 1. The Balaban J connectivity index is 1.76. The topological polar surface area (TPSA) is 58.6 Å². The number of carbonyl (C=O) groups is 1. The van der Waals surface area contributed by atoms with Crippen molar-refractivity contribution in [2.75, 3.05) is 6.54 Å². The van der Waals surface area contributed by atoms with E-state index < -0.39 is 0 Å². The first-order chi connectivity index (χ1) is 9.56. The molecule has 2 rings (SSSR count). The minimum Gasteiger partial charge on any atom is -0.491 e. The molecule has 0 radical (unpaired) electrons. The summed E-state index contributed by atoms with van der Waals surface area (Å²) >= 11 is 0. The second kappa shape index (κ2) is 6.75. The highest BCUT2D eigenvalue weighted by Gasteiger charge is 2.29. The van der Waals surface area contributed by atoms with Gasteiger partial charge in [0.05, 0.1) is 12.2 Å².